The Hall–Kier alpha value is -0.500. The van der Waals surface area contributed by atoms with Crippen molar-refractivity contribution in [3.05, 3.63) is 12.3 Å². The van der Waals surface area contributed by atoms with Crippen LogP contribution < -0.4 is 0 Å². The van der Waals surface area contributed by atoms with Crippen LogP contribution in [0.3, 0.4) is 0 Å². The van der Waals surface area contributed by atoms with Crippen LogP contribution in [0, 0.1) is 0 Å². The molecule has 0 saturated carbocycles. The number of hydrogen-bond donors (Lipinski definition) is 0. The molecular weight excluding hydrogens is 198 g/mol. The molecule has 0 spiro atoms. The van der Waals surface area contributed by atoms with Crippen LogP contribution in [-0.2, 0) is 4.74 Å². The van der Waals surface area contributed by atoms with E-state index in [1.165, 1.54) is 19.4 Å². The van der Waals surface area contributed by atoms with Crippen LogP contribution in [0.4, 0.5) is 0 Å². The smallest absolute Gasteiger partial charge is 0.0962 e. The van der Waals surface area contributed by atoms with Gasteiger partial charge < -0.3 is 9.64 Å². The lowest BCUT2D eigenvalue weighted by Gasteiger charge is -2.28. The summed E-state index contributed by atoms with van der Waals surface area (Å²) in [7, 11) is 0. The standard InChI is InChI=1S/C14H29NO/c1-6-10-15(13(4)8-3)11-9-14(5)16-12-7-2/h7,12-14H,6,8-11H2,1-5H3. The first-order valence-electron chi connectivity index (χ1n) is 6.66. The van der Waals surface area contributed by atoms with Gasteiger partial charge in [0.05, 0.1) is 12.4 Å². The molecule has 96 valence electrons. The SMILES string of the molecule is CC=COC(C)CCN(CCC)C(C)CC. The van der Waals surface area contributed by atoms with Crippen molar-refractivity contribution in [3.63, 3.8) is 0 Å². The molecule has 0 saturated heterocycles. The third-order valence-electron chi connectivity index (χ3n) is 2.99. The molecule has 0 aromatic rings. The Morgan fingerprint density at radius 2 is 1.88 bits per heavy atom. The Labute approximate surface area is 102 Å². The summed E-state index contributed by atoms with van der Waals surface area (Å²) in [6, 6.07) is 0.689. The van der Waals surface area contributed by atoms with Crippen molar-refractivity contribution in [3.8, 4) is 0 Å². The minimum atomic E-state index is 0.319. The minimum absolute atomic E-state index is 0.319. The van der Waals surface area contributed by atoms with Gasteiger partial charge in [-0.05, 0) is 46.6 Å². The number of allylic oxidation sites excluding steroid dienone is 1. The van der Waals surface area contributed by atoms with E-state index >= 15 is 0 Å². The molecule has 0 fully saturated rings. The van der Waals surface area contributed by atoms with Gasteiger partial charge >= 0.3 is 0 Å². The number of hydrogen-bond acceptors (Lipinski definition) is 2. The van der Waals surface area contributed by atoms with E-state index in [2.05, 4.69) is 32.6 Å². The maximum absolute atomic E-state index is 5.53. The largest absolute Gasteiger partial charge is 0.499 e. The third-order valence-corrected chi connectivity index (χ3v) is 2.99. The van der Waals surface area contributed by atoms with Crippen LogP contribution in [0.1, 0.15) is 53.9 Å². The molecule has 0 aromatic heterocycles. The van der Waals surface area contributed by atoms with Crippen molar-refractivity contribution >= 4 is 0 Å². The lowest BCUT2D eigenvalue weighted by molar-refractivity contribution is 0.119. The summed E-state index contributed by atoms with van der Waals surface area (Å²) >= 11 is 0. The van der Waals surface area contributed by atoms with E-state index in [0.717, 1.165) is 13.0 Å². The highest BCUT2D eigenvalue weighted by molar-refractivity contribution is 4.70. The number of rotatable bonds is 9. The second-order valence-electron chi connectivity index (χ2n) is 4.50. The van der Waals surface area contributed by atoms with Gasteiger partial charge in [-0.2, -0.15) is 0 Å². The van der Waals surface area contributed by atoms with E-state index in [4.69, 9.17) is 4.74 Å². The molecule has 2 heteroatoms. The van der Waals surface area contributed by atoms with Gasteiger partial charge in [-0.25, -0.2) is 0 Å². The highest BCUT2D eigenvalue weighted by Gasteiger charge is 2.12. The summed E-state index contributed by atoms with van der Waals surface area (Å²) < 4.78 is 5.53. The van der Waals surface area contributed by atoms with Crippen LogP contribution in [0.5, 0.6) is 0 Å². The van der Waals surface area contributed by atoms with Crippen LogP contribution in [0.15, 0.2) is 12.3 Å². The molecule has 2 unspecified atom stereocenters. The fourth-order valence-electron chi connectivity index (χ4n) is 1.73. The zero-order chi connectivity index (χ0) is 12.4. The molecule has 2 nitrogen and oxygen atoms in total. The van der Waals surface area contributed by atoms with E-state index in [0.29, 0.717) is 12.1 Å². The first-order valence-corrected chi connectivity index (χ1v) is 6.66. The van der Waals surface area contributed by atoms with Crippen molar-refractivity contribution in [1.29, 1.82) is 0 Å². The Kier molecular flexibility index (Phi) is 9.40. The average molecular weight is 227 g/mol. The summed E-state index contributed by atoms with van der Waals surface area (Å²) in [4.78, 5) is 2.56. The highest BCUT2D eigenvalue weighted by Crippen LogP contribution is 2.08. The predicted octanol–water partition coefficient (Wildman–Crippen LogP) is 3.83. The predicted molar refractivity (Wildman–Crippen MR) is 71.6 cm³/mol. The molecule has 0 rings (SSSR count). The van der Waals surface area contributed by atoms with Crippen LogP contribution >= 0.6 is 0 Å². The van der Waals surface area contributed by atoms with Crippen molar-refractivity contribution in [2.75, 3.05) is 13.1 Å². The molecule has 0 aromatic carbocycles. The molecule has 2 atom stereocenters. The van der Waals surface area contributed by atoms with Crippen LogP contribution in [0.2, 0.25) is 0 Å². The molecule has 16 heavy (non-hydrogen) atoms. The van der Waals surface area contributed by atoms with E-state index in [1.54, 1.807) is 6.26 Å². The summed E-state index contributed by atoms with van der Waals surface area (Å²) in [5.41, 5.74) is 0. The molecular formula is C14H29NO. The topological polar surface area (TPSA) is 12.5 Å². The molecule has 0 radical (unpaired) electrons. The Morgan fingerprint density at radius 1 is 1.19 bits per heavy atom. The van der Waals surface area contributed by atoms with Gasteiger partial charge in [0.2, 0.25) is 0 Å². The Morgan fingerprint density at radius 3 is 2.38 bits per heavy atom. The molecule has 0 N–H and O–H groups in total. The molecule has 0 amide bonds. The van der Waals surface area contributed by atoms with Crippen molar-refractivity contribution in [1.82, 2.24) is 4.90 Å². The fraction of sp³-hybridized carbons (Fsp3) is 0.857. The second kappa shape index (κ2) is 9.71. The van der Waals surface area contributed by atoms with Gasteiger partial charge in [-0.3, -0.25) is 0 Å². The van der Waals surface area contributed by atoms with Gasteiger partial charge in [0, 0.05) is 12.6 Å². The number of ether oxygens (including phenoxy) is 1. The van der Waals surface area contributed by atoms with E-state index in [9.17, 15) is 0 Å². The molecule has 0 aliphatic rings. The molecule has 0 bridgehead atoms. The van der Waals surface area contributed by atoms with E-state index in [-0.39, 0.29) is 0 Å². The molecule has 0 heterocycles. The summed E-state index contributed by atoms with van der Waals surface area (Å²) in [5.74, 6) is 0. The Balaban J connectivity index is 3.90. The average Bonchev–Trinajstić information content (AvgIpc) is 2.30. The lowest BCUT2D eigenvalue weighted by atomic mass is 10.2. The highest BCUT2D eigenvalue weighted by atomic mass is 16.5. The summed E-state index contributed by atoms with van der Waals surface area (Å²) in [5, 5.41) is 0. The van der Waals surface area contributed by atoms with Gasteiger partial charge in [0.1, 0.15) is 0 Å². The number of nitrogens with zero attached hydrogens (tertiary/aromatic N) is 1. The van der Waals surface area contributed by atoms with Crippen LogP contribution in [0.25, 0.3) is 0 Å². The van der Waals surface area contributed by atoms with Crippen molar-refractivity contribution in [2.45, 2.75) is 66.0 Å². The van der Waals surface area contributed by atoms with Gasteiger partial charge in [-0.1, -0.05) is 19.9 Å². The first-order chi connectivity index (χ1) is 7.65. The maximum atomic E-state index is 5.53. The first kappa shape index (κ1) is 15.5. The van der Waals surface area contributed by atoms with Crippen molar-refractivity contribution in [2.24, 2.45) is 0 Å². The second-order valence-corrected chi connectivity index (χ2v) is 4.50. The van der Waals surface area contributed by atoms with Crippen molar-refractivity contribution < 1.29 is 4.74 Å². The zero-order valence-corrected chi connectivity index (χ0v) is 11.7. The van der Waals surface area contributed by atoms with E-state index in [1.807, 2.05) is 13.0 Å². The monoisotopic (exact) mass is 227 g/mol. The normalized spacial score (nSPS) is 15.6. The molecule has 0 aliphatic heterocycles. The lowest BCUT2D eigenvalue weighted by Crippen LogP contribution is -2.35. The van der Waals surface area contributed by atoms with Gasteiger partial charge in [0.15, 0.2) is 0 Å². The summed E-state index contributed by atoms with van der Waals surface area (Å²) in [6.07, 6.45) is 7.61. The third kappa shape index (κ3) is 6.89. The maximum Gasteiger partial charge on any atom is 0.0962 e. The van der Waals surface area contributed by atoms with Gasteiger partial charge in [-0.15, -0.1) is 0 Å². The summed E-state index contributed by atoms with van der Waals surface area (Å²) in [6.45, 7) is 13.3. The Bertz CT molecular complexity index is 180. The fourth-order valence-corrected chi connectivity index (χ4v) is 1.73. The van der Waals surface area contributed by atoms with E-state index < -0.39 is 0 Å². The van der Waals surface area contributed by atoms with Crippen LogP contribution in [-0.4, -0.2) is 30.1 Å². The van der Waals surface area contributed by atoms with Gasteiger partial charge in [0.25, 0.3) is 0 Å². The molecule has 0 aliphatic carbocycles. The minimum Gasteiger partial charge on any atom is -0.499 e. The zero-order valence-electron chi connectivity index (χ0n) is 11.7. The quantitative estimate of drug-likeness (QED) is 0.555.